The molecule has 10 nitrogen and oxygen atoms in total. The first-order valence-corrected chi connectivity index (χ1v) is 11.2. The normalized spacial score (nSPS) is 15.9. The highest BCUT2D eigenvalue weighted by molar-refractivity contribution is 6.15. The number of fused-ring (bicyclic) bond motifs is 3. The van der Waals surface area contributed by atoms with E-state index in [9.17, 15) is 9.50 Å². The third-order valence-corrected chi connectivity index (χ3v) is 6.28. The minimum atomic E-state index is -0.976. The number of nitrogens with zero attached hydrogens (tertiary/aromatic N) is 5. The largest absolute Gasteiger partial charge is 0.421 e. The molecule has 5 rings (SSSR count). The summed E-state index contributed by atoms with van der Waals surface area (Å²) in [5.41, 5.74) is 6.83. The molecule has 4 heterocycles. The number of halogens is 2. The number of nitrogens with two attached hydrogens (primary N) is 1. The molecule has 12 heteroatoms. The Bertz CT molecular complexity index is 1400. The molecule has 3 aromatic heterocycles. The van der Waals surface area contributed by atoms with Gasteiger partial charge in [0.25, 0.3) is 0 Å². The second kappa shape index (κ2) is 8.54. The lowest BCUT2D eigenvalue weighted by molar-refractivity contribution is 0.188. The Labute approximate surface area is 199 Å². The summed E-state index contributed by atoms with van der Waals surface area (Å²) in [6, 6.07) is 1.09. The number of hydrogen-bond donors (Lipinski definition) is 4. The van der Waals surface area contributed by atoms with Crippen molar-refractivity contribution in [3.8, 4) is 11.8 Å². The van der Waals surface area contributed by atoms with Gasteiger partial charge in [0.1, 0.15) is 17.6 Å². The molecule has 0 radical (unpaired) electrons. The maximum absolute atomic E-state index is 15.1. The maximum Gasteiger partial charge on any atom is 0.326 e. The molecule has 4 aromatic rings. The maximum atomic E-state index is 15.1. The van der Waals surface area contributed by atoms with E-state index < -0.39 is 17.7 Å². The van der Waals surface area contributed by atoms with E-state index in [2.05, 4.69) is 37.2 Å². The summed E-state index contributed by atoms with van der Waals surface area (Å²) in [7, 11) is 1.63. The number of rotatable bonds is 7. The number of nitrogens with one attached hydrogen (secondary N) is 2. The van der Waals surface area contributed by atoms with Crippen LogP contribution >= 0.6 is 0 Å². The van der Waals surface area contributed by atoms with E-state index in [1.807, 2.05) is 4.90 Å². The van der Waals surface area contributed by atoms with Crippen LogP contribution in [0.1, 0.15) is 32.2 Å². The lowest BCUT2D eigenvalue weighted by atomic mass is 9.79. The molecular weight excluding hydrogens is 458 g/mol. The molecule has 1 saturated heterocycles. The minimum absolute atomic E-state index is 0.00762. The third kappa shape index (κ3) is 3.98. The van der Waals surface area contributed by atoms with Crippen LogP contribution in [0.25, 0.3) is 21.9 Å². The molecular formula is C23H26F2N8O2. The average molecular weight is 485 g/mol. The quantitative estimate of drug-likeness (QED) is 0.311. The molecule has 0 amide bonds. The van der Waals surface area contributed by atoms with Crippen molar-refractivity contribution < 1.29 is 18.6 Å². The molecule has 0 aliphatic carbocycles. The zero-order valence-electron chi connectivity index (χ0n) is 19.6. The number of aliphatic hydroxyl groups is 1. The lowest BCUT2D eigenvalue weighted by Gasteiger charge is -2.49. The van der Waals surface area contributed by atoms with Crippen LogP contribution in [-0.2, 0) is 0 Å². The van der Waals surface area contributed by atoms with E-state index in [0.29, 0.717) is 47.7 Å². The summed E-state index contributed by atoms with van der Waals surface area (Å²) in [5, 5.41) is 13.0. The first kappa shape index (κ1) is 23.1. The van der Waals surface area contributed by atoms with Gasteiger partial charge in [0, 0.05) is 31.6 Å². The predicted molar refractivity (Wildman–Crippen MR) is 128 cm³/mol. The smallest absolute Gasteiger partial charge is 0.326 e. The Morgan fingerprint density at radius 1 is 1.26 bits per heavy atom. The fourth-order valence-electron chi connectivity index (χ4n) is 4.56. The van der Waals surface area contributed by atoms with Gasteiger partial charge in [0.2, 0.25) is 0 Å². The highest BCUT2D eigenvalue weighted by Crippen LogP contribution is 2.43. The number of aromatic nitrogens is 5. The summed E-state index contributed by atoms with van der Waals surface area (Å²) in [6.45, 7) is 5.53. The fourth-order valence-corrected chi connectivity index (χ4v) is 4.56. The van der Waals surface area contributed by atoms with E-state index in [4.69, 9.17) is 10.5 Å². The molecule has 1 aliphatic heterocycles. The van der Waals surface area contributed by atoms with E-state index >= 15 is 4.39 Å². The van der Waals surface area contributed by atoms with Crippen LogP contribution in [0.5, 0.6) is 11.8 Å². The Morgan fingerprint density at radius 2 is 1.97 bits per heavy atom. The van der Waals surface area contributed by atoms with Crippen molar-refractivity contribution >= 4 is 33.4 Å². The number of benzene rings is 1. The number of aromatic amines is 1. The third-order valence-electron chi connectivity index (χ3n) is 6.28. The lowest BCUT2D eigenvalue weighted by Crippen LogP contribution is -2.55. The van der Waals surface area contributed by atoms with Crippen molar-refractivity contribution in [1.82, 2.24) is 24.9 Å². The predicted octanol–water partition coefficient (Wildman–Crippen LogP) is 3.24. The first-order chi connectivity index (χ1) is 16.7. The van der Waals surface area contributed by atoms with Crippen molar-refractivity contribution in [1.29, 1.82) is 0 Å². The Kier molecular flexibility index (Phi) is 5.64. The van der Waals surface area contributed by atoms with Crippen molar-refractivity contribution in [3.05, 3.63) is 35.9 Å². The molecule has 0 spiro atoms. The Balaban J connectivity index is 1.65. The number of hydrogen-bond acceptors (Lipinski definition) is 9. The minimum Gasteiger partial charge on any atom is -0.421 e. The van der Waals surface area contributed by atoms with Crippen LogP contribution < -0.4 is 20.7 Å². The molecule has 1 unspecified atom stereocenters. The molecule has 0 bridgehead atoms. The van der Waals surface area contributed by atoms with E-state index in [0.717, 1.165) is 12.5 Å². The standard InChI is InChI=1S/C23H26F2N8O2/c1-11(34)19-28-7-12(8-29-19)35-22-31-20-16(21(32-22)33-9-23(2,10-33)4-5-26)15-17(25)13(24)6-14(27-3)18(15)30-20/h6-8,11,27,34H,4-5,9-10,26H2,1-3H3,(H,30,31,32). The SMILES string of the molecule is CNc1cc(F)c(F)c2c1[nH]c1nc(Oc3cnc(C(C)O)nc3)nc(N3CC(C)(CCN)C3)c12. The van der Waals surface area contributed by atoms with Gasteiger partial charge in [-0.2, -0.15) is 9.97 Å². The summed E-state index contributed by atoms with van der Waals surface area (Å²) in [6.07, 6.45) is 2.82. The van der Waals surface area contributed by atoms with Crippen LogP contribution in [0.4, 0.5) is 20.3 Å². The van der Waals surface area contributed by atoms with Gasteiger partial charge >= 0.3 is 6.01 Å². The zero-order valence-corrected chi connectivity index (χ0v) is 19.6. The van der Waals surface area contributed by atoms with Gasteiger partial charge in [-0.15, -0.1) is 0 Å². The molecule has 35 heavy (non-hydrogen) atoms. The molecule has 1 fully saturated rings. The van der Waals surface area contributed by atoms with Gasteiger partial charge in [-0.25, -0.2) is 18.7 Å². The van der Waals surface area contributed by atoms with Gasteiger partial charge < -0.3 is 30.8 Å². The van der Waals surface area contributed by atoms with Crippen LogP contribution in [-0.4, -0.2) is 56.7 Å². The van der Waals surface area contributed by atoms with Gasteiger partial charge in [0.15, 0.2) is 23.2 Å². The Morgan fingerprint density at radius 3 is 2.60 bits per heavy atom. The second-order valence-electron chi connectivity index (χ2n) is 9.16. The van der Waals surface area contributed by atoms with Crippen molar-refractivity contribution in [2.24, 2.45) is 11.1 Å². The van der Waals surface area contributed by atoms with Gasteiger partial charge in [-0.1, -0.05) is 6.92 Å². The van der Waals surface area contributed by atoms with Gasteiger partial charge in [-0.05, 0) is 19.9 Å². The van der Waals surface area contributed by atoms with Crippen LogP contribution in [0, 0.1) is 17.0 Å². The topological polar surface area (TPSA) is 138 Å². The van der Waals surface area contributed by atoms with Crippen LogP contribution in [0.15, 0.2) is 18.5 Å². The highest BCUT2D eigenvalue weighted by atomic mass is 19.2. The summed E-state index contributed by atoms with van der Waals surface area (Å²) in [4.78, 5) is 22.2. The number of anilines is 2. The second-order valence-corrected chi connectivity index (χ2v) is 9.16. The van der Waals surface area contributed by atoms with Crippen molar-refractivity contribution in [2.45, 2.75) is 26.4 Å². The number of aliphatic hydroxyl groups excluding tert-OH is 1. The summed E-state index contributed by atoms with van der Waals surface area (Å²) >= 11 is 0. The zero-order chi connectivity index (χ0) is 24.9. The van der Waals surface area contributed by atoms with E-state index in [1.165, 1.54) is 12.4 Å². The number of H-pyrrole nitrogens is 1. The Hall–Kier alpha value is -3.64. The van der Waals surface area contributed by atoms with Crippen LogP contribution in [0.3, 0.4) is 0 Å². The summed E-state index contributed by atoms with van der Waals surface area (Å²) in [5.74, 6) is -1.00. The molecule has 5 N–H and O–H groups in total. The fraction of sp³-hybridized carbons (Fsp3) is 0.391. The molecule has 1 atom stereocenters. The molecule has 1 aliphatic rings. The van der Waals surface area contributed by atoms with Crippen molar-refractivity contribution in [2.75, 3.05) is 36.9 Å². The van der Waals surface area contributed by atoms with E-state index in [-0.39, 0.29) is 28.4 Å². The van der Waals surface area contributed by atoms with Crippen LogP contribution in [0.2, 0.25) is 0 Å². The van der Waals surface area contributed by atoms with Gasteiger partial charge in [0.05, 0.1) is 34.4 Å². The first-order valence-electron chi connectivity index (χ1n) is 11.2. The monoisotopic (exact) mass is 484 g/mol. The average Bonchev–Trinajstić information content (AvgIpc) is 3.19. The highest BCUT2D eigenvalue weighted by Gasteiger charge is 2.40. The van der Waals surface area contributed by atoms with Gasteiger partial charge in [-0.3, -0.25) is 0 Å². The molecule has 0 saturated carbocycles. The molecule has 184 valence electrons. The summed E-state index contributed by atoms with van der Waals surface area (Å²) < 4.78 is 35.3. The van der Waals surface area contributed by atoms with Crippen molar-refractivity contribution in [3.63, 3.8) is 0 Å². The van der Waals surface area contributed by atoms with E-state index in [1.54, 1.807) is 14.0 Å². The number of ether oxygens (including phenoxy) is 1. The molecule has 1 aromatic carbocycles.